The predicted octanol–water partition coefficient (Wildman–Crippen LogP) is 2.26. The van der Waals surface area contributed by atoms with Crippen LogP contribution in [0.15, 0.2) is 18.2 Å². The van der Waals surface area contributed by atoms with Crippen molar-refractivity contribution in [3.63, 3.8) is 0 Å². The summed E-state index contributed by atoms with van der Waals surface area (Å²) in [6.07, 6.45) is 2.64. The highest BCUT2D eigenvalue weighted by molar-refractivity contribution is 5.61. The van der Waals surface area contributed by atoms with Crippen molar-refractivity contribution in [2.24, 2.45) is 0 Å². The summed E-state index contributed by atoms with van der Waals surface area (Å²) >= 11 is 0. The largest absolute Gasteiger partial charge is 0.492 e. The molecule has 2 rings (SSSR count). The van der Waals surface area contributed by atoms with Gasteiger partial charge in [0.15, 0.2) is 0 Å². The predicted molar refractivity (Wildman–Crippen MR) is 69.5 cm³/mol. The van der Waals surface area contributed by atoms with Gasteiger partial charge in [-0.05, 0) is 31.9 Å². The van der Waals surface area contributed by atoms with Gasteiger partial charge in [0.1, 0.15) is 5.75 Å². The van der Waals surface area contributed by atoms with Crippen molar-refractivity contribution in [3.8, 4) is 5.75 Å². The van der Waals surface area contributed by atoms with E-state index in [1.54, 1.807) is 0 Å². The number of hydrogen-bond donors (Lipinski definition) is 2. The van der Waals surface area contributed by atoms with Crippen molar-refractivity contribution in [1.29, 1.82) is 0 Å². The average molecular weight is 236 g/mol. The molecular formula is C13H20N2O2. The number of nitrogens with one attached hydrogen (secondary N) is 1. The van der Waals surface area contributed by atoms with E-state index in [1.807, 2.05) is 25.1 Å². The quantitative estimate of drug-likeness (QED) is 0.770. The third-order valence-corrected chi connectivity index (χ3v) is 2.87. The highest BCUT2D eigenvalue weighted by Crippen LogP contribution is 2.25. The Morgan fingerprint density at radius 3 is 3.12 bits per heavy atom. The molecule has 94 valence electrons. The van der Waals surface area contributed by atoms with Crippen molar-refractivity contribution in [2.75, 3.05) is 30.8 Å². The number of hydrogen-bond acceptors (Lipinski definition) is 4. The van der Waals surface area contributed by atoms with Crippen molar-refractivity contribution in [3.05, 3.63) is 18.2 Å². The van der Waals surface area contributed by atoms with Gasteiger partial charge in [0.2, 0.25) is 0 Å². The molecule has 1 aliphatic rings. The van der Waals surface area contributed by atoms with E-state index in [0.717, 1.165) is 37.4 Å². The Morgan fingerprint density at radius 2 is 2.41 bits per heavy atom. The van der Waals surface area contributed by atoms with E-state index in [1.165, 1.54) is 0 Å². The number of anilines is 2. The highest BCUT2D eigenvalue weighted by Gasteiger charge is 2.14. The molecular weight excluding hydrogens is 216 g/mol. The van der Waals surface area contributed by atoms with Crippen LogP contribution in [0.2, 0.25) is 0 Å². The molecule has 0 spiro atoms. The van der Waals surface area contributed by atoms with Crippen molar-refractivity contribution in [2.45, 2.75) is 25.9 Å². The van der Waals surface area contributed by atoms with Crippen LogP contribution in [0.5, 0.6) is 5.75 Å². The summed E-state index contributed by atoms with van der Waals surface area (Å²) in [6, 6.07) is 5.77. The Bertz CT molecular complexity index is 362. The van der Waals surface area contributed by atoms with Crippen molar-refractivity contribution in [1.82, 2.24) is 0 Å². The molecule has 1 aromatic rings. The van der Waals surface area contributed by atoms with E-state index in [4.69, 9.17) is 15.2 Å². The number of nitrogen functional groups attached to an aromatic ring is 1. The van der Waals surface area contributed by atoms with Gasteiger partial charge in [0.05, 0.1) is 18.4 Å². The minimum atomic E-state index is 0.336. The molecule has 17 heavy (non-hydrogen) atoms. The molecule has 1 aliphatic heterocycles. The van der Waals surface area contributed by atoms with E-state index in [9.17, 15) is 0 Å². The molecule has 1 atom stereocenters. The second-order valence-electron chi connectivity index (χ2n) is 4.20. The molecule has 0 amide bonds. The Labute approximate surface area is 102 Å². The maximum atomic E-state index is 5.82. The van der Waals surface area contributed by atoms with Crippen LogP contribution in [0, 0.1) is 0 Å². The molecule has 1 heterocycles. The van der Waals surface area contributed by atoms with Gasteiger partial charge in [-0.15, -0.1) is 0 Å². The summed E-state index contributed by atoms with van der Waals surface area (Å²) in [6.45, 7) is 4.30. The third-order valence-electron chi connectivity index (χ3n) is 2.87. The molecule has 4 heteroatoms. The third kappa shape index (κ3) is 3.27. The molecule has 0 saturated carbocycles. The van der Waals surface area contributed by atoms with Gasteiger partial charge in [0.25, 0.3) is 0 Å². The van der Waals surface area contributed by atoms with Crippen molar-refractivity contribution >= 4 is 11.4 Å². The Kier molecular flexibility index (Phi) is 4.09. The van der Waals surface area contributed by atoms with Crippen LogP contribution in [-0.2, 0) is 4.74 Å². The van der Waals surface area contributed by atoms with Crippen LogP contribution in [0.25, 0.3) is 0 Å². The fourth-order valence-electron chi connectivity index (χ4n) is 1.96. The summed E-state index contributed by atoms with van der Waals surface area (Å²) < 4.78 is 11.0. The van der Waals surface area contributed by atoms with Crippen LogP contribution < -0.4 is 15.8 Å². The van der Waals surface area contributed by atoms with Crippen LogP contribution in [0.4, 0.5) is 11.4 Å². The molecule has 0 bridgehead atoms. The minimum Gasteiger partial charge on any atom is -0.492 e. The zero-order valence-corrected chi connectivity index (χ0v) is 10.2. The van der Waals surface area contributed by atoms with Crippen LogP contribution in [0.3, 0.4) is 0 Å². The summed E-state index contributed by atoms with van der Waals surface area (Å²) in [5, 5.41) is 3.35. The number of rotatable bonds is 5. The van der Waals surface area contributed by atoms with Gasteiger partial charge in [0, 0.05) is 24.9 Å². The second-order valence-corrected chi connectivity index (χ2v) is 4.20. The fourth-order valence-corrected chi connectivity index (χ4v) is 1.96. The molecule has 1 saturated heterocycles. The van der Waals surface area contributed by atoms with E-state index in [2.05, 4.69) is 5.32 Å². The molecule has 4 nitrogen and oxygen atoms in total. The summed E-state index contributed by atoms with van der Waals surface area (Å²) in [4.78, 5) is 0. The Hall–Kier alpha value is -1.42. The first-order chi connectivity index (χ1) is 8.29. The number of ether oxygens (including phenoxy) is 2. The smallest absolute Gasteiger partial charge is 0.144 e. The maximum absolute atomic E-state index is 5.82. The minimum absolute atomic E-state index is 0.336. The highest BCUT2D eigenvalue weighted by atomic mass is 16.5. The van der Waals surface area contributed by atoms with Gasteiger partial charge in [-0.3, -0.25) is 0 Å². The summed E-state index contributed by atoms with van der Waals surface area (Å²) in [7, 11) is 0. The average Bonchev–Trinajstić information content (AvgIpc) is 2.83. The van der Waals surface area contributed by atoms with E-state index < -0.39 is 0 Å². The topological polar surface area (TPSA) is 56.5 Å². The lowest BCUT2D eigenvalue weighted by Crippen LogP contribution is -2.18. The summed E-state index contributed by atoms with van der Waals surface area (Å²) in [5.74, 6) is 0.741. The molecule has 3 N–H and O–H groups in total. The van der Waals surface area contributed by atoms with Gasteiger partial charge < -0.3 is 20.5 Å². The van der Waals surface area contributed by atoms with Crippen LogP contribution in [0.1, 0.15) is 19.8 Å². The molecule has 1 aromatic carbocycles. The molecule has 0 aromatic heterocycles. The maximum Gasteiger partial charge on any atom is 0.144 e. The second kappa shape index (κ2) is 5.77. The van der Waals surface area contributed by atoms with E-state index in [0.29, 0.717) is 18.4 Å². The molecule has 0 aliphatic carbocycles. The zero-order valence-electron chi connectivity index (χ0n) is 10.2. The van der Waals surface area contributed by atoms with Gasteiger partial charge in [-0.1, -0.05) is 0 Å². The fraction of sp³-hybridized carbons (Fsp3) is 0.538. The Balaban J connectivity index is 1.93. The van der Waals surface area contributed by atoms with E-state index in [-0.39, 0.29) is 0 Å². The zero-order chi connectivity index (χ0) is 12.1. The molecule has 1 fully saturated rings. The van der Waals surface area contributed by atoms with E-state index >= 15 is 0 Å². The number of benzene rings is 1. The Morgan fingerprint density at radius 1 is 1.53 bits per heavy atom. The normalized spacial score (nSPS) is 19.2. The first-order valence-corrected chi connectivity index (χ1v) is 6.17. The lowest BCUT2D eigenvalue weighted by atomic mass is 10.2. The summed E-state index contributed by atoms with van der Waals surface area (Å²) in [5.41, 5.74) is 7.52. The standard InChI is InChI=1S/C13H20N2O2/c1-2-16-13-8-10(5-6-12(13)14)15-9-11-4-3-7-17-11/h5-6,8,11,15H,2-4,7,9,14H2,1H3. The number of nitrogens with two attached hydrogens (primary N) is 1. The monoisotopic (exact) mass is 236 g/mol. The van der Waals surface area contributed by atoms with Gasteiger partial charge in [-0.25, -0.2) is 0 Å². The molecule has 0 radical (unpaired) electrons. The van der Waals surface area contributed by atoms with Crippen LogP contribution >= 0.6 is 0 Å². The van der Waals surface area contributed by atoms with Crippen LogP contribution in [-0.4, -0.2) is 25.9 Å². The molecule has 1 unspecified atom stereocenters. The van der Waals surface area contributed by atoms with Gasteiger partial charge in [-0.2, -0.15) is 0 Å². The van der Waals surface area contributed by atoms with Gasteiger partial charge >= 0.3 is 0 Å². The first kappa shape index (κ1) is 12.0. The SMILES string of the molecule is CCOc1cc(NCC2CCCO2)ccc1N. The first-order valence-electron chi connectivity index (χ1n) is 6.17. The lowest BCUT2D eigenvalue weighted by Gasteiger charge is -2.14. The van der Waals surface area contributed by atoms with Crippen molar-refractivity contribution < 1.29 is 9.47 Å². The lowest BCUT2D eigenvalue weighted by molar-refractivity contribution is 0.120.